The van der Waals surface area contributed by atoms with Gasteiger partial charge in [0.2, 0.25) is 5.91 Å². The van der Waals surface area contributed by atoms with Crippen molar-refractivity contribution in [3.63, 3.8) is 0 Å². The molecule has 0 aliphatic rings. The number of para-hydroxylation sites is 1. The number of nitrogens with one attached hydrogen (secondary N) is 1. The average molecular weight is 381 g/mol. The summed E-state index contributed by atoms with van der Waals surface area (Å²) in [6, 6.07) is 22.1. The molecule has 0 aliphatic heterocycles. The zero-order valence-corrected chi connectivity index (χ0v) is 14.9. The van der Waals surface area contributed by atoms with Gasteiger partial charge in [0, 0.05) is 11.8 Å². The van der Waals surface area contributed by atoms with Crippen molar-refractivity contribution in [3.05, 3.63) is 107 Å². The third kappa shape index (κ3) is 5.33. The van der Waals surface area contributed by atoms with Gasteiger partial charge in [-0.05, 0) is 47.4 Å². The van der Waals surface area contributed by atoms with Crippen LogP contribution < -0.4 is 5.32 Å². The van der Waals surface area contributed by atoms with Crippen molar-refractivity contribution >= 4 is 17.7 Å². The highest BCUT2D eigenvalue weighted by atomic mass is 19.4. The summed E-state index contributed by atoms with van der Waals surface area (Å²) < 4.78 is 38.3. The molecule has 0 heterocycles. The number of alkyl halides is 3. The Morgan fingerprint density at radius 2 is 1.61 bits per heavy atom. The van der Waals surface area contributed by atoms with Gasteiger partial charge in [-0.25, -0.2) is 0 Å². The van der Waals surface area contributed by atoms with Gasteiger partial charge in [0.25, 0.3) is 0 Å². The SMILES string of the molecule is O=C(C=Cc1cccc(C(F)(F)F)c1)Nc1ccccc1Cc1ccccc1. The van der Waals surface area contributed by atoms with E-state index in [1.807, 2.05) is 48.5 Å². The molecule has 28 heavy (non-hydrogen) atoms. The molecule has 2 nitrogen and oxygen atoms in total. The molecule has 0 saturated heterocycles. The maximum Gasteiger partial charge on any atom is 0.416 e. The van der Waals surface area contributed by atoms with Crippen LogP contribution in [0, 0.1) is 0 Å². The average Bonchev–Trinajstić information content (AvgIpc) is 2.68. The van der Waals surface area contributed by atoms with Gasteiger partial charge in [-0.1, -0.05) is 60.7 Å². The van der Waals surface area contributed by atoms with Crippen molar-refractivity contribution in [2.75, 3.05) is 5.32 Å². The zero-order valence-electron chi connectivity index (χ0n) is 14.9. The van der Waals surface area contributed by atoms with Crippen LogP contribution in [0.1, 0.15) is 22.3 Å². The van der Waals surface area contributed by atoms with Crippen LogP contribution in [0.15, 0.2) is 84.9 Å². The fourth-order valence-electron chi connectivity index (χ4n) is 2.78. The summed E-state index contributed by atoms with van der Waals surface area (Å²) in [7, 11) is 0. The largest absolute Gasteiger partial charge is 0.416 e. The first kappa shape index (κ1) is 19.4. The summed E-state index contributed by atoms with van der Waals surface area (Å²) in [5, 5.41) is 2.80. The van der Waals surface area contributed by atoms with Gasteiger partial charge < -0.3 is 5.32 Å². The third-order valence-electron chi connectivity index (χ3n) is 4.15. The highest BCUT2D eigenvalue weighted by Gasteiger charge is 2.30. The Balaban J connectivity index is 1.71. The summed E-state index contributed by atoms with van der Waals surface area (Å²) in [5.41, 5.74) is 2.30. The van der Waals surface area contributed by atoms with Crippen molar-refractivity contribution in [1.82, 2.24) is 0 Å². The number of hydrogen-bond donors (Lipinski definition) is 1. The van der Waals surface area contributed by atoms with Crippen LogP contribution in [0.4, 0.5) is 18.9 Å². The first-order valence-corrected chi connectivity index (χ1v) is 8.70. The van der Waals surface area contributed by atoms with Gasteiger partial charge in [0.15, 0.2) is 0 Å². The zero-order chi connectivity index (χ0) is 20.0. The lowest BCUT2D eigenvalue weighted by atomic mass is 10.0. The number of carbonyl (C=O) groups excluding carboxylic acids is 1. The van der Waals surface area contributed by atoms with Gasteiger partial charge in [0.1, 0.15) is 0 Å². The lowest BCUT2D eigenvalue weighted by Crippen LogP contribution is -2.10. The summed E-state index contributed by atoms with van der Waals surface area (Å²) in [6.45, 7) is 0. The van der Waals surface area contributed by atoms with Crippen LogP contribution in [-0.2, 0) is 17.4 Å². The molecule has 0 atom stereocenters. The van der Waals surface area contributed by atoms with Crippen molar-refractivity contribution in [3.8, 4) is 0 Å². The van der Waals surface area contributed by atoms with E-state index in [1.54, 1.807) is 6.07 Å². The molecule has 1 amide bonds. The Morgan fingerprint density at radius 3 is 2.36 bits per heavy atom. The molecule has 3 rings (SSSR count). The van der Waals surface area contributed by atoms with Crippen molar-refractivity contribution in [2.24, 2.45) is 0 Å². The number of carbonyl (C=O) groups is 1. The van der Waals surface area contributed by atoms with Crippen LogP contribution in [-0.4, -0.2) is 5.91 Å². The van der Waals surface area contributed by atoms with E-state index < -0.39 is 17.6 Å². The van der Waals surface area contributed by atoms with Crippen molar-refractivity contribution in [2.45, 2.75) is 12.6 Å². The van der Waals surface area contributed by atoms with E-state index in [4.69, 9.17) is 0 Å². The van der Waals surface area contributed by atoms with Gasteiger partial charge in [-0.15, -0.1) is 0 Å². The van der Waals surface area contributed by atoms with Crippen molar-refractivity contribution < 1.29 is 18.0 Å². The highest BCUT2D eigenvalue weighted by Crippen LogP contribution is 2.29. The standard InChI is InChI=1S/C23H18F3NO/c24-23(25,26)20-11-6-9-18(16-20)13-14-22(28)27-21-12-5-4-10-19(21)15-17-7-2-1-3-8-17/h1-14,16H,15H2,(H,27,28). The molecule has 0 spiro atoms. The Kier molecular flexibility index (Phi) is 5.94. The minimum absolute atomic E-state index is 0.308. The minimum atomic E-state index is -4.41. The van der Waals surface area contributed by atoms with E-state index in [-0.39, 0.29) is 0 Å². The normalized spacial score (nSPS) is 11.5. The van der Waals surface area contributed by atoms with E-state index >= 15 is 0 Å². The van der Waals surface area contributed by atoms with Crippen LogP contribution in [0.5, 0.6) is 0 Å². The Hall–Kier alpha value is -3.34. The summed E-state index contributed by atoms with van der Waals surface area (Å²) >= 11 is 0. The molecule has 5 heteroatoms. The van der Waals surface area contributed by atoms with Crippen LogP contribution in [0.2, 0.25) is 0 Å². The number of hydrogen-bond acceptors (Lipinski definition) is 1. The van der Waals surface area contributed by atoms with E-state index in [0.29, 0.717) is 17.7 Å². The molecule has 3 aromatic carbocycles. The quantitative estimate of drug-likeness (QED) is 0.544. The van der Waals surface area contributed by atoms with E-state index in [1.165, 1.54) is 24.3 Å². The Morgan fingerprint density at radius 1 is 0.893 bits per heavy atom. The van der Waals surface area contributed by atoms with Gasteiger partial charge in [-0.2, -0.15) is 13.2 Å². The van der Waals surface area contributed by atoms with Crippen LogP contribution in [0.25, 0.3) is 6.08 Å². The molecule has 0 saturated carbocycles. The Labute approximate surface area is 161 Å². The smallest absolute Gasteiger partial charge is 0.322 e. The molecule has 0 radical (unpaired) electrons. The fraction of sp³-hybridized carbons (Fsp3) is 0.0870. The number of halogens is 3. The molecule has 142 valence electrons. The molecular formula is C23H18F3NO. The highest BCUT2D eigenvalue weighted by molar-refractivity contribution is 6.02. The topological polar surface area (TPSA) is 29.1 Å². The summed E-state index contributed by atoms with van der Waals surface area (Å²) in [5.74, 6) is -0.405. The van der Waals surface area contributed by atoms with Crippen LogP contribution in [0.3, 0.4) is 0 Å². The molecule has 0 unspecified atom stereocenters. The third-order valence-corrected chi connectivity index (χ3v) is 4.15. The van der Waals surface area contributed by atoms with E-state index in [9.17, 15) is 18.0 Å². The molecule has 0 aliphatic carbocycles. The first-order valence-electron chi connectivity index (χ1n) is 8.70. The molecular weight excluding hydrogens is 363 g/mol. The van der Waals surface area contributed by atoms with E-state index in [0.717, 1.165) is 23.3 Å². The maximum absolute atomic E-state index is 12.8. The van der Waals surface area contributed by atoms with Crippen molar-refractivity contribution in [1.29, 1.82) is 0 Å². The van der Waals surface area contributed by atoms with Gasteiger partial charge in [0.05, 0.1) is 5.56 Å². The minimum Gasteiger partial charge on any atom is -0.322 e. The molecule has 0 fully saturated rings. The Bertz CT molecular complexity index is 978. The number of amides is 1. The van der Waals surface area contributed by atoms with Gasteiger partial charge in [-0.3, -0.25) is 4.79 Å². The lowest BCUT2D eigenvalue weighted by molar-refractivity contribution is -0.137. The predicted molar refractivity (Wildman–Crippen MR) is 105 cm³/mol. The summed E-state index contributed by atoms with van der Waals surface area (Å²) in [6.07, 6.45) is -1.16. The summed E-state index contributed by atoms with van der Waals surface area (Å²) in [4.78, 5) is 12.3. The molecule has 0 bridgehead atoms. The second kappa shape index (κ2) is 8.57. The number of benzene rings is 3. The fourth-order valence-corrected chi connectivity index (χ4v) is 2.78. The predicted octanol–water partition coefficient (Wildman–Crippen LogP) is 5.95. The number of anilines is 1. The number of rotatable bonds is 5. The van der Waals surface area contributed by atoms with Gasteiger partial charge >= 0.3 is 6.18 Å². The first-order chi connectivity index (χ1) is 13.4. The monoisotopic (exact) mass is 381 g/mol. The lowest BCUT2D eigenvalue weighted by Gasteiger charge is -2.10. The second-order valence-corrected chi connectivity index (χ2v) is 6.27. The second-order valence-electron chi connectivity index (χ2n) is 6.27. The van der Waals surface area contributed by atoms with E-state index in [2.05, 4.69) is 5.32 Å². The van der Waals surface area contributed by atoms with Crippen LogP contribution >= 0.6 is 0 Å². The maximum atomic E-state index is 12.8. The molecule has 0 aromatic heterocycles. The molecule has 1 N–H and O–H groups in total. The molecule has 3 aromatic rings.